The van der Waals surface area contributed by atoms with Gasteiger partial charge in [0.15, 0.2) is 0 Å². The molecule has 2 saturated heterocycles. The summed E-state index contributed by atoms with van der Waals surface area (Å²) in [6.45, 7) is 2.82. The average molecular weight is 346 g/mol. The van der Waals surface area contributed by atoms with Crippen LogP contribution in [0.1, 0.15) is 37.7 Å². The highest BCUT2D eigenvalue weighted by atomic mass is 16.5. The van der Waals surface area contributed by atoms with Crippen LogP contribution in [0, 0.1) is 0 Å². The number of nitrogens with zero attached hydrogens (tertiary/aromatic N) is 1. The maximum atomic E-state index is 12.5. The highest BCUT2D eigenvalue weighted by Crippen LogP contribution is 2.38. The lowest BCUT2D eigenvalue weighted by Gasteiger charge is -2.48. The number of nitrogens with one attached hydrogen (secondary N) is 1. The summed E-state index contributed by atoms with van der Waals surface area (Å²) in [5.41, 5.74) is 0.113. The number of ether oxygens (including phenoxy) is 1. The van der Waals surface area contributed by atoms with Gasteiger partial charge in [0.25, 0.3) is 0 Å². The van der Waals surface area contributed by atoms with E-state index in [-0.39, 0.29) is 11.5 Å². The summed E-state index contributed by atoms with van der Waals surface area (Å²) in [5, 5.41) is 14.4. The first-order valence-electron chi connectivity index (χ1n) is 9.35. The topological polar surface area (TPSA) is 61.8 Å². The van der Waals surface area contributed by atoms with Gasteiger partial charge in [-0.1, -0.05) is 30.3 Å². The Morgan fingerprint density at radius 1 is 1.24 bits per heavy atom. The summed E-state index contributed by atoms with van der Waals surface area (Å²) in [4.78, 5) is 14.2. The quantitative estimate of drug-likeness (QED) is 0.853. The number of aliphatic hydroxyl groups is 1. The summed E-state index contributed by atoms with van der Waals surface area (Å²) in [6.07, 6.45) is 4.29. The Kier molecular flexibility index (Phi) is 5.77. The molecule has 138 valence electrons. The molecule has 5 nitrogen and oxygen atoms in total. The van der Waals surface area contributed by atoms with Crippen molar-refractivity contribution in [2.45, 2.75) is 49.7 Å². The van der Waals surface area contributed by atoms with Gasteiger partial charge >= 0.3 is 0 Å². The third-order valence-electron chi connectivity index (χ3n) is 5.57. The van der Waals surface area contributed by atoms with Gasteiger partial charge in [0.1, 0.15) is 0 Å². The first kappa shape index (κ1) is 18.4. The van der Waals surface area contributed by atoms with Crippen molar-refractivity contribution in [1.29, 1.82) is 0 Å². The van der Waals surface area contributed by atoms with Crippen molar-refractivity contribution in [2.24, 2.45) is 0 Å². The van der Waals surface area contributed by atoms with Gasteiger partial charge < -0.3 is 20.1 Å². The summed E-state index contributed by atoms with van der Waals surface area (Å²) in [5.74, 6) is 0.0862. The van der Waals surface area contributed by atoms with E-state index in [9.17, 15) is 9.90 Å². The fourth-order valence-corrected chi connectivity index (χ4v) is 4.15. The highest BCUT2D eigenvalue weighted by Gasteiger charge is 2.46. The van der Waals surface area contributed by atoms with E-state index in [0.717, 1.165) is 32.4 Å². The van der Waals surface area contributed by atoms with Crippen molar-refractivity contribution in [3.63, 3.8) is 0 Å². The smallest absolute Gasteiger partial charge is 0.222 e. The van der Waals surface area contributed by atoms with E-state index in [1.54, 1.807) is 11.9 Å². The first-order chi connectivity index (χ1) is 12.0. The predicted octanol–water partition coefficient (Wildman–Crippen LogP) is 1.74. The van der Waals surface area contributed by atoms with Crippen molar-refractivity contribution < 1.29 is 14.6 Å². The van der Waals surface area contributed by atoms with E-state index in [2.05, 4.69) is 5.32 Å². The summed E-state index contributed by atoms with van der Waals surface area (Å²) < 4.78 is 6.05. The van der Waals surface area contributed by atoms with Crippen molar-refractivity contribution in [2.75, 3.05) is 33.3 Å². The minimum Gasteiger partial charge on any atom is -0.388 e. The molecule has 1 aromatic carbocycles. The molecule has 1 unspecified atom stereocenters. The zero-order valence-corrected chi connectivity index (χ0v) is 15.2. The van der Waals surface area contributed by atoms with Crippen LogP contribution in [0.4, 0.5) is 0 Å². The second-order valence-electron chi connectivity index (χ2n) is 7.67. The monoisotopic (exact) mass is 346 g/mol. The molecule has 3 rings (SSSR count). The number of hydrogen-bond donors (Lipinski definition) is 2. The number of aryl methyl sites for hydroxylation is 1. The predicted molar refractivity (Wildman–Crippen MR) is 97.4 cm³/mol. The number of carbonyl (C=O) groups is 1. The van der Waals surface area contributed by atoms with E-state index in [1.165, 1.54) is 5.56 Å². The molecule has 5 heteroatoms. The van der Waals surface area contributed by atoms with Crippen LogP contribution in [0.5, 0.6) is 0 Å². The fourth-order valence-electron chi connectivity index (χ4n) is 4.15. The largest absolute Gasteiger partial charge is 0.388 e. The molecule has 0 aliphatic carbocycles. The van der Waals surface area contributed by atoms with Gasteiger partial charge in [0.2, 0.25) is 5.91 Å². The number of hydrogen-bond acceptors (Lipinski definition) is 4. The lowest BCUT2D eigenvalue weighted by atomic mass is 9.77. The van der Waals surface area contributed by atoms with Crippen molar-refractivity contribution in [1.82, 2.24) is 10.2 Å². The lowest BCUT2D eigenvalue weighted by Crippen LogP contribution is -2.57. The molecule has 2 aliphatic rings. The molecule has 0 radical (unpaired) electrons. The molecular weight excluding hydrogens is 316 g/mol. The van der Waals surface area contributed by atoms with Crippen LogP contribution in [-0.4, -0.2) is 60.4 Å². The third-order valence-corrected chi connectivity index (χ3v) is 5.57. The van der Waals surface area contributed by atoms with Crippen LogP contribution >= 0.6 is 0 Å². The highest BCUT2D eigenvalue weighted by molar-refractivity contribution is 5.76. The number of amides is 1. The van der Waals surface area contributed by atoms with Crippen LogP contribution in [-0.2, 0) is 16.0 Å². The molecule has 1 amide bonds. The second-order valence-corrected chi connectivity index (χ2v) is 7.67. The summed E-state index contributed by atoms with van der Waals surface area (Å²) >= 11 is 0. The van der Waals surface area contributed by atoms with E-state index < -0.39 is 5.60 Å². The van der Waals surface area contributed by atoms with E-state index in [1.807, 2.05) is 30.3 Å². The van der Waals surface area contributed by atoms with E-state index >= 15 is 0 Å². The molecule has 2 aliphatic heterocycles. The molecule has 1 spiro atoms. The molecule has 25 heavy (non-hydrogen) atoms. The fraction of sp³-hybridized carbons (Fsp3) is 0.650. The Labute approximate surface area is 150 Å². The number of benzene rings is 1. The van der Waals surface area contributed by atoms with Gasteiger partial charge in [-0.05, 0) is 37.9 Å². The summed E-state index contributed by atoms with van der Waals surface area (Å²) in [7, 11) is 1.80. The van der Waals surface area contributed by atoms with Crippen molar-refractivity contribution in [3.05, 3.63) is 35.9 Å². The SMILES string of the molecule is CN(CC1(O)CCOC2(CCNCC2)C1)C(=O)CCc1ccccc1. The van der Waals surface area contributed by atoms with Crippen molar-refractivity contribution >= 4 is 5.91 Å². The van der Waals surface area contributed by atoms with Crippen molar-refractivity contribution in [3.8, 4) is 0 Å². The number of carbonyl (C=O) groups excluding carboxylic acids is 1. The molecule has 1 atom stereocenters. The molecule has 0 saturated carbocycles. The zero-order valence-electron chi connectivity index (χ0n) is 15.2. The third kappa shape index (κ3) is 4.81. The van der Waals surface area contributed by atoms with Gasteiger partial charge in [0.05, 0.1) is 17.8 Å². The lowest BCUT2D eigenvalue weighted by molar-refractivity contribution is -0.177. The number of piperidine rings is 1. The van der Waals surface area contributed by atoms with Gasteiger partial charge in [-0.15, -0.1) is 0 Å². The Hall–Kier alpha value is -1.43. The molecule has 0 aromatic heterocycles. The molecule has 1 aromatic rings. The Balaban J connectivity index is 1.53. The van der Waals surface area contributed by atoms with Crippen LogP contribution < -0.4 is 5.32 Å². The molecule has 0 bridgehead atoms. The van der Waals surface area contributed by atoms with Gasteiger partial charge in [0, 0.05) is 32.9 Å². The Morgan fingerprint density at radius 2 is 1.96 bits per heavy atom. The van der Waals surface area contributed by atoms with Gasteiger partial charge in [-0.25, -0.2) is 0 Å². The first-order valence-corrected chi connectivity index (χ1v) is 9.35. The minimum absolute atomic E-state index is 0.0862. The maximum Gasteiger partial charge on any atom is 0.222 e. The zero-order chi connectivity index (χ0) is 17.8. The van der Waals surface area contributed by atoms with Crippen LogP contribution in [0.15, 0.2) is 30.3 Å². The second kappa shape index (κ2) is 7.85. The molecular formula is C20H30N2O3. The molecule has 2 N–H and O–H groups in total. The van der Waals surface area contributed by atoms with Crippen LogP contribution in [0.3, 0.4) is 0 Å². The van der Waals surface area contributed by atoms with Crippen LogP contribution in [0.25, 0.3) is 0 Å². The number of rotatable bonds is 5. The Morgan fingerprint density at radius 3 is 2.68 bits per heavy atom. The van der Waals surface area contributed by atoms with E-state index in [4.69, 9.17) is 4.74 Å². The molecule has 2 fully saturated rings. The number of likely N-dealkylation sites (N-methyl/N-ethyl adjacent to an activating group) is 1. The standard InChI is InChI=1S/C20H30N2O3/c1-22(18(23)8-7-17-5-3-2-4-6-17)16-19(24)11-14-25-20(15-19)9-12-21-13-10-20/h2-6,21,24H,7-16H2,1H3. The summed E-state index contributed by atoms with van der Waals surface area (Å²) in [6, 6.07) is 10.1. The molecule has 2 heterocycles. The normalized spacial score (nSPS) is 25.7. The average Bonchev–Trinajstić information content (AvgIpc) is 2.60. The van der Waals surface area contributed by atoms with Gasteiger partial charge in [-0.2, -0.15) is 0 Å². The van der Waals surface area contributed by atoms with Gasteiger partial charge in [-0.3, -0.25) is 4.79 Å². The minimum atomic E-state index is -0.841. The maximum absolute atomic E-state index is 12.5. The van der Waals surface area contributed by atoms with Crippen LogP contribution in [0.2, 0.25) is 0 Å². The van der Waals surface area contributed by atoms with E-state index in [0.29, 0.717) is 32.4 Å². The Bertz CT molecular complexity index is 566.